The summed E-state index contributed by atoms with van der Waals surface area (Å²) in [5.74, 6) is 0. The summed E-state index contributed by atoms with van der Waals surface area (Å²) in [7, 11) is 5.27. The molecule has 0 aromatic rings. The Labute approximate surface area is 179 Å². The van der Waals surface area contributed by atoms with Crippen LogP contribution in [0, 0.1) is 0 Å². The van der Waals surface area contributed by atoms with Crippen LogP contribution >= 0.6 is 0 Å². The minimum atomic E-state index is 0. The zero-order valence-electron chi connectivity index (χ0n) is 16.2. The second-order valence-electron chi connectivity index (χ2n) is 5.18. The van der Waals surface area contributed by atoms with Gasteiger partial charge in [-0.3, -0.25) is 0 Å². The van der Waals surface area contributed by atoms with Gasteiger partial charge in [0, 0.05) is 21.3 Å². The van der Waals surface area contributed by atoms with E-state index in [1.54, 1.807) is 21.3 Å². The number of ether oxygens (including phenoxy) is 3. The lowest BCUT2D eigenvalue weighted by atomic mass is 10.2. The van der Waals surface area contributed by atoms with Crippen LogP contribution in [0.15, 0.2) is 0 Å². The summed E-state index contributed by atoms with van der Waals surface area (Å²) < 4.78 is 15.1. The minimum Gasteiger partial charge on any atom is -0.382 e. The Kier molecular flexibility index (Phi) is 105. The van der Waals surface area contributed by atoms with Gasteiger partial charge in [0.25, 0.3) is 0 Å². The Morgan fingerprint density at radius 1 is 0.519 bits per heavy atom. The van der Waals surface area contributed by atoms with Gasteiger partial charge in [-0.05, 0) is 39.0 Å². The van der Waals surface area contributed by atoms with E-state index in [9.17, 15) is 0 Å². The molecule has 27 heavy (non-hydrogen) atoms. The van der Waals surface area contributed by atoms with Crippen LogP contribution in [0.1, 0.15) is 125 Å². The molecule has 0 rings (SSSR count). The van der Waals surface area contributed by atoms with Crippen LogP contribution in [-0.2, 0) is 14.2 Å². The van der Waals surface area contributed by atoms with Gasteiger partial charge in [-0.25, -0.2) is 0 Å². The van der Waals surface area contributed by atoms with Crippen LogP contribution in [0.25, 0.3) is 0 Å². The number of rotatable bonds is 9. The van der Waals surface area contributed by atoms with Crippen molar-refractivity contribution in [1.82, 2.24) is 0 Å². The Morgan fingerprint density at radius 2 is 0.852 bits per heavy atom. The maximum atomic E-state index is 5.14. The van der Waals surface area contributed by atoms with Crippen LogP contribution in [-0.4, -0.2) is 39.6 Å². The molecular formula is C24H66O3. The average molecular weight is 403 g/mol. The average Bonchev–Trinajstić information content (AvgIpc) is 2.54. The van der Waals surface area contributed by atoms with E-state index in [-0.39, 0.29) is 44.6 Å². The predicted molar refractivity (Wildman–Crippen MR) is 135 cm³/mol. The van der Waals surface area contributed by atoms with E-state index in [0.717, 1.165) is 25.7 Å². The molecule has 180 valence electrons. The molecule has 2 atom stereocenters. The highest BCUT2D eigenvalue weighted by Gasteiger charge is 1.99. The Bertz CT molecular complexity index is 146. The van der Waals surface area contributed by atoms with E-state index >= 15 is 0 Å². The Balaban J connectivity index is -0.0000000233. The molecule has 3 heteroatoms. The van der Waals surface area contributed by atoms with Crippen LogP contribution < -0.4 is 0 Å². The molecule has 0 amide bonds. The van der Waals surface area contributed by atoms with Gasteiger partial charge in [0.1, 0.15) is 0 Å². The Morgan fingerprint density at radius 3 is 0.889 bits per heavy atom. The molecule has 0 heterocycles. The molecule has 0 aliphatic rings. The smallest absolute Gasteiger partial charge is 0.0568 e. The molecule has 0 aromatic carbocycles. The Hall–Kier alpha value is -0.120. The SMILES string of the molecule is C.C.C.C.C.C.CCC(C)OC.CCC(CC)OC.CCCC(CC)OC. The van der Waals surface area contributed by atoms with Crippen molar-refractivity contribution in [3.63, 3.8) is 0 Å². The number of methoxy groups -OCH3 is 3. The van der Waals surface area contributed by atoms with Crippen LogP contribution in [0.5, 0.6) is 0 Å². The second kappa shape index (κ2) is 50.1. The first kappa shape index (κ1) is 56.3. The molecule has 0 radical (unpaired) electrons. The third-order valence-corrected chi connectivity index (χ3v) is 3.62. The van der Waals surface area contributed by atoms with Gasteiger partial charge in [0.05, 0.1) is 18.3 Å². The number of hydrogen-bond acceptors (Lipinski definition) is 3. The molecule has 0 bridgehead atoms. The monoisotopic (exact) mass is 403 g/mol. The molecular weight excluding hydrogens is 336 g/mol. The van der Waals surface area contributed by atoms with Crippen molar-refractivity contribution >= 4 is 0 Å². The van der Waals surface area contributed by atoms with E-state index in [4.69, 9.17) is 14.2 Å². The standard InChI is InChI=1S/C7H16O.C6H14O.C5H12O.6CH4/c1-4-6-7(5-2)8-3;1-4-6(5-2)7-3;1-4-5(2)6-3;;;;;;/h7H,4-6H2,1-3H3;6H,4-5H2,1-3H3;5H,4H2,1-3H3;6*1H4. The zero-order valence-corrected chi connectivity index (χ0v) is 16.2. The first-order valence-electron chi connectivity index (χ1n) is 8.59. The first-order valence-corrected chi connectivity index (χ1v) is 8.59. The van der Waals surface area contributed by atoms with Crippen molar-refractivity contribution in [2.24, 2.45) is 0 Å². The third kappa shape index (κ3) is 51.8. The van der Waals surface area contributed by atoms with Crippen molar-refractivity contribution < 1.29 is 14.2 Å². The first-order chi connectivity index (χ1) is 10.0. The lowest BCUT2D eigenvalue weighted by Gasteiger charge is -2.09. The van der Waals surface area contributed by atoms with Crippen molar-refractivity contribution in [1.29, 1.82) is 0 Å². The summed E-state index contributed by atoms with van der Waals surface area (Å²) >= 11 is 0. The van der Waals surface area contributed by atoms with E-state index in [1.807, 2.05) is 0 Å². The summed E-state index contributed by atoms with van der Waals surface area (Å²) in [6.07, 6.45) is 8.37. The highest BCUT2D eigenvalue weighted by atomic mass is 16.5. The molecule has 0 saturated carbocycles. The van der Waals surface area contributed by atoms with E-state index in [1.165, 1.54) is 12.8 Å². The van der Waals surface area contributed by atoms with Gasteiger partial charge in [-0.2, -0.15) is 0 Å². The van der Waals surface area contributed by atoms with Gasteiger partial charge in [0.15, 0.2) is 0 Å². The fourth-order valence-electron chi connectivity index (χ4n) is 1.60. The largest absolute Gasteiger partial charge is 0.382 e. The molecule has 0 aromatic heterocycles. The molecule has 2 unspecified atom stereocenters. The van der Waals surface area contributed by atoms with Crippen molar-refractivity contribution in [3.05, 3.63) is 0 Å². The second-order valence-corrected chi connectivity index (χ2v) is 5.18. The van der Waals surface area contributed by atoms with Gasteiger partial charge in [0.2, 0.25) is 0 Å². The molecule has 0 saturated heterocycles. The fraction of sp³-hybridized carbons (Fsp3) is 1.00. The highest BCUT2D eigenvalue weighted by Crippen LogP contribution is 2.03. The number of hydrogen-bond donors (Lipinski definition) is 0. The maximum absolute atomic E-state index is 5.14. The van der Waals surface area contributed by atoms with Gasteiger partial charge in [-0.1, -0.05) is 85.6 Å². The lowest BCUT2D eigenvalue weighted by Crippen LogP contribution is -2.07. The van der Waals surface area contributed by atoms with E-state index in [0.29, 0.717) is 18.3 Å². The third-order valence-electron chi connectivity index (χ3n) is 3.62. The predicted octanol–water partition coefficient (Wildman–Crippen LogP) is 9.28. The van der Waals surface area contributed by atoms with E-state index < -0.39 is 0 Å². The fourth-order valence-corrected chi connectivity index (χ4v) is 1.60. The topological polar surface area (TPSA) is 27.7 Å². The van der Waals surface area contributed by atoms with Gasteiger partial charge in [-0.15, -0.1) is 0 Å². The molecule has 0 N–H and O–H groups in total. The van der Waals surface area contributed by atoms with Gasteiger partial charge < -0.3 is 14.2 Å². The molecule has 3 nitrogen and oxygen atoms in total. The summed E-state index contributed by atoms with van der Waals surface area (Å²) in [4.78, 5) is 0. The molecule has 0 fully saturated rings. The van der Waals surface area contributed by atoms with Crippen molar-refractivity contribution in [2.75, 3.05) is 21.3 Å². The van der Waals surface area contributed by atoms with E-state index in [2.05, 4.69) is 41.5 Å². The molecule has 0 spiro atoms. The minimum absolute atomic E-state index is 0. The lowest BCUT2D eigenvalue weighted by molar-refractivity contribution is 0.0915. The maximum Gasteiger partial charge on any atom is 0.0568 e. The quantitative estimate of drug-likeness (QED) is 0.384. The zero-order chi connectivity index (χ0) is 17.1. The summed E-state index contributed by atoms with van der Waals surface area (Å²) in [5, 5.41) is 0. The normalized spacial score (nSPS) is 10.0. The van der Waals surface area contributed by atoms with Crippen molar-refractivity contribution in [3.8, 4) is 0 Å². The van der Waals surface area contributed by atoms with Crippen LogP contribution in [0.2, 0.25) is 0 Å². The summed E-state index contributed by atoms with van der Waals surface area (Å²) in [6.45, 7) is 12.8. The summed E-state index contributed by atoms with van der Waals surface area (Å²) in [6, 6.07) is 0. The molecule has 0 aliphatic carbocycles. The van der Waals surface area contributed by atoms with Crippen LogP contribution in [0.4, 0.5) is 0 Å². The van der Waals surface area contributed by atoms with Crippen LogP contribution in [0.3, 0.4) is 0 Å². The summed E-state index contributed by atoms with van der Waals surface area (Å²) in [5.41, 5.74) is 0. The van der Waals surface area contributed by atoms with Gasteiger partial charge >= 0.3 is 0 Å². The van der Waals surface area contributed by atoms with Crippen molar-refractivity contribution in [2.45, 2.75) is 143 Å². The molecule has 0 aliphatic heterocycles. The highest BCUT2D eigenvalue weighted by molar-refractivity contribution is 4.51.